The third-order valence-electron chi connectivity index (χ3n) is 4.30. The van der Waals surface area contributed by atoms with E-state index in [1.165, 1.54) is 5.56 Å². The summed E-state index contributed by atoms with van der Waals surface area (Å²) in [6.07, 6.45) is 1.96. The van der Waals surface area contributed by atoms with Gasteiger partial charge in [0.15, 0.2) is 0 Å². The van der Waals surface area contributed by atoms with E-state index < -0.39 is 0 Å². The third-order valence-corrected chi connectivity index (χ3v) is 4.30. The Bertz CT molecular complexity index is 641. The highest BCUT2D eigenvalue weighted by Gasteiger charge is 2.15. The number of aliphatic hydroxyl groups is 1. The number of hydrogen-bond acceptors (Lipinski definition) is 2. The highest BCUT2D eigenvalue weighted by molar-refractivity contribution is 5.74. The number of nitrogens with one attached hydrogen (secondary N) is 1. The third kappa shape index (κ3) is 5.61. The average molecular weight is 340 g/mol. The first kappa shape index (κ1) is 19.0. The van der Waals surface area contributed by atoms with Gasteiger partial charge >= 0.3 is 6.03 Å². The van der Waals surface area contributed by atoms with Gasteiger partial charge in [-0.05, 0) is 30.0 Å². The lowest BCUT2D eigenvalue weighted by Crippen LogP contribution is -2.42. The molecule has 2 aromatic carbocycles. The van der Waals surface area contributed by atoms with Crippen LogP contribution < -0.4 is 5.32 Å². The molecule has 1 atom stereocenters. The predicted octanol–water partition coefficient (Wildman–Crippen LogP) is 4.22. The zero-order valence-corrected chi connectivity index (χ0v) is 15.1. The second-order valence-electron chi connectivity index (χ2n) is 6.22. The summed E-state index contributed by atoms with van der Waals surface area (Å²) in [5.41, 5.74) is 3.40. The van der Waals surface area contributed by atoms with Crippen molar-refractivity contribution in [2.75, 3.05) is 19.7 Å². The summed E-state index contributed by atoms with van der Waals surface area (Å²) in [7, 11) is 0. The summed E-state index contributed by atoms with van der Waals surface area (Å²) < 4.78 is 0. The molecule has 2 aromatic rings. The lowest BCUT2D eigenvalue weighted by Gasteiger charge is -2.24. The van der Waals surface area contributed by atoms with Gasteiger partial charge < -0.3 is 15.3 Å². The van der Waals surface area contributed by atoms with Gasteiger partial charge in [0.1, 0.15) is 0 Å². The fourth-order valence-electron chi connectivity index (χ4n) is 2.74. The Labute approximate surface area is 150 Å². The van der Waals surface area contributed by atoms with Gasteiger partial charge in [-0.2, -0.15) is 0 Å². The predicted molar refractivity (Wildman–Crippen MR) is 102 cm³/mol. The SMILES string of the molecule is CCCCN(CCO)C(=O)NC(C)c1ccc(-c2ccccc2)cc1. The van der Waals surface area contributed by atoms with Crippen LogP contribution in [-0.2, 0) is 0 Å². The van der Waals surface area contributed by atoms with Gasteiger partial charge in [0, 0.05) is 13.1 Å². The van der Waals surface area contributed by atoms with Gasteiger partial charge in [-0.3, -0.25) is 0 Å². The summed E-state index contributed by atoms with van der Waals surface area (Å²) in [5.74, 6) is 0. The van der Waals surface area contributed by atoms with Gasteiger partial charge in [0.2, 0.25) is 0 Å². The standard InChI is InChI=1S/C21H28N2O2/c1-3-4-14-23(15-16-24)21(25)22-17(2)18-10-12-20(13-11-18)19-8-6-5-7-9-19/h5-13,17,24H,3-4,14-16H2,1-2H3,(H,22,25). The molecule has 0 spiro atoms. The minimum absolute atomic E-state index is 0.0166. The second-order valence-corrected chi connectivity index (χ2v) is 6.22. The average Bonchev–Trinajstić information content (AvgIpc) is 2.65. The molecule has 0 saturated heterocycles. The lowest BCUT2D eigenvalue weighted by atomic mass is 10.0. The van der Waals surface area contributed by atoms with Crippen LogP contribution in [0.1, 0.15) is 38.3 Å². The van der Waals surface area contributed by atoms with Crippen molar-refractivity contribution >= 4 is 6.03 Å². The highest BCUT2D eigenvalue weighted by atomic mass is 16.3. The molecular formula is C21H28N2O2. The normalized spacial score (nSPS) is 11.8. The van der Waals surface area contributed by atoms with E-state index in [0.717, 1.165) is 24.0 Å². The zero-order chi connectivity index (χ0) is 18.1. The summed E-state index contributed by atoms with van der Waals surface area (Å²) in [6, 6.07) is 18.3. The summed E-state index contributed by atoms with van der Waals surface area (Å²) in [4.78, 5) is 14.1. The number of benzene rings is 2. The Balaban J connectivity index is 1.99. The van der Waals surface area contributed by atoms with E-state index in [9.17, 15) is 4.79 Å². The van der Waals surface area contributed by atoms with Crippen molar-refractivity contribution in [3.8, 4) is 11.1 Å². The topological polar surface area (TPSA) is 52.6 Å². The molecule has 0 radical (unpaired) electrons. The maximum absolute atomic E-state index is 12.4. The van der Waals surface area contributed by atoms with E-state index in [1.54, 1.807) is 4.90 Å². The van der Waals surface area contributed by atoms with Crippen LogP contribution in [0.15, 0.2) is 54.6 Å². The molecule has 4 nitrogen and oxygen atoms in total. The molecule has 0 bridgehead atoms. The van der Waals surface area contributed by atoms with Crippen LogP contribution in [-0.4, -0.2) is 35.7 Å². The van der Waals surface area contributed by atoms with Crippen LogP contribution in [0.2, 0.25) is 0 Å². The molecule has 2 N–H and O–H groups in total. The number of urea groups is 1. The number of hydrogen-bond donors (Lipinski definition) is 2. The van der Waals surface area contributed by atoms with E-state index in [1.807, 2.05) is 25.1 Å². The number of nitrogens with zero attached hydrogens (tertiary/aromatic N) is 1. The minimum atomic E-state index is -0.123. The highest BCUT2D eigenvalue weighted by Crippen LogP contribution is 2.21. The van der Waals surface area contributed by atoms with Crippen LogP contribution in [0.3, 0.4) is 0 Å². The van der Waals surface area contributed by atoms with Crippen molar-refractivity contribution in [1.82, 2.24) is 10.2 Å². The first-order valence-corrected chi connectivity index (χ1v) is 8.97. The van der Waals surface area contributed by atoms with Gasteiger partial charge in [0.05, 0.1) is 12.6 Å². The van der Waals surface area contributed by atoms with Crippen LogP contribution >= 0.6 is 0 Å². The Morgan fingerprint density at radius 1 is 1.04 bits per heavy atom. The van der Waals surface area contributed by atoms with Gasteiger partial charge in [0.25, 0.3) is 0 Å². The maximum atomic E-state index is 12.4. The molecule has 25 heavy (non-hydrogen) atoms. The van der Waals surface area contributed by atoms with Crippen molar-refractivity contribution in [2.24, 2.45) is 0 Å². The number of amides is 2. The smallest absolute Gasteiger partial charge is 0.317 e. The van der Waals surface area contributed by atoms with E-state index in [2.05, 4.69) is 48.6 Å². The van der Waals surface area contributed by atoms with E-state index in [-0.39, 0.29) is 18.7 Å². The summed E-state index contributed by atoms with van der Waals surface area (Å²) in [6.45, 7) is 5.09. The molecule has 0 heterocycles. The summed E-state index contributed by atoms with van der Waals surface area (Å²) >= 11 is 0. The van der Waals surface area contributed by atoms with Crippen molar-refractivity contribution in [1.29, 1.82) is 0 Å². The van der Waals surface area contributed by atoms with Gasteiger partial charge in [-0.1, -0.05) is 67.9 Å². The number of carbonyl (C=O) groups is 1. The molecule has 0 aliphatic heterocycles. The van der Waals surface area contributed by atoms with Crippen LogP contribution in [0.5, 0.6) is 0 Å². The first-order chi connectivity index (χ1) is 12.2. The Kier molecular flexibility index (Phi) is 7.48. The summed E-state index contributed by atoms with van der Waals surface area (Å²) in [5, 5.41) is 12.2. The molecule has 2 rings (SSSR count). The zero-order valence-electron chi connectivity index (χ0n) is 15.1. The van der Waals surface area contributed by atoms with Crippen molar-refractivity contribution in [3.05, 3.63) is 60.2 Å². The molecule has 0 aromatic heterocycles. The van der Waals surface area contributed by atoms with Crippen LogP contribution in [0.25, 0.3) is 11.1 Å². The van der Waals surface area contributed by atoms with Crippen molar-refractivity contribution in [3.63, 3.8) is 0 Å². The van der Waals surface area contributed by atoms with Gasteiger partial charge in [-0.15, -0.1) is 0 Å². The fourth-order valence-corrected chi connectivity index (χ4v) is 2.74. The molecule has 4 heteroatoms. The Morgan fingerprint density at radius 3 is 2.28 bits per heavy atom. The van der Waals surface area contributed by atoms with E-state index >= 15 is 0 Å². The van der Waals surface area contributed by atoms with E-state index in [4.69, 9.17) is 5.11 Å². The van der Waals surface area contributed by atoms with Crippen molar-refractivity contribution in [2.45, 2.75) is 32.7 Å². The van der Waals surface area contributed by atoms with E-state index in [0.29, 0.717) is 13.1 Å². The van der Waals surface area contributed by atoms with Crippen molar-refractivity contribution < 1.29 is 9.90 Å². The Hall–Kier alpha value is -2.33. The quantitative estimate of drug-likeness (QED) is 0.756. The molecule has 134 valence electrons. The Morgan fingerprint density at radius 2 is 1.68 bits per heavy atom. The largest absolute Gasteiger partial charge is 0.395 e. The minimum Gasteiger partial charge on any atom is -0.395 e. The van der Waals surface area contributed by atoms with Crippen LogP contribution in [0.4, 0.5) is 4.79 Å². The van der Waals surface area contributed by atoms with Crippen LogP contribution in [0, 0.1) is 0 Å². The number of carbonyl (C=O) groups excluding carboxylic acids is 1. The molecule has 0 saturated carbocycles. The fraction of sp³-hybridized carbons (Fsp3) is 0.381. The van der Waals surface area contributed by atoms with Gasteiger partial charge in [-0.25, -0.2) is 4.79 Å². The first-order valence-electron chi connectivity index (χ1n) is 8.97. The molecule has 0 aliphatic carbocycles. The molecular weight excluding hydrogens is 312 g/mol. The molecule has 1 unspecified atom stereocenters. The maximum Gasteiger partial charge on any atom is 0.317 e. The lowest BCUT2D eigenvalue weighted by molar-refractivity contribution is 0.173. The molecule has 0 fully saturated rings. The number of aliphatic hydroxyl groups excluding tert-OH is 1. The monoisotopic (exact) mass is 340 g/mol. The molecule has 2 amide bonds. The number of unbranched alkanes of at least 4 members (excludes halogenated alkanes) is 1. The number of rotatable bonds is 8. The second kappa shape index (κ2) is 9.84. The molecule has 0 aliphatic rings.